The van der Waals surface area contributed by atoms with Crippen molar-refractivity contribution in [3.63, 3.8) is 0 Å². The number of carboxylic acids is 1. The van der Waals surface area contributed by atoms with E-state index in [1.54, 1.807) is 12.1 Å². The Morgan fingerprint density at radius 3 is 2.35 bits per heavy atom. The predicted octanol–water partition coefficient (Wildman–Crippen LogP) is 5.53. The maximum absolute atomic E-state index is 13.2. The van der Waals surface area contributed by atoms with Gasteiger partial charge in [-0.1, -0.05) is 54.1 Å². The highest BCUT2D eigenvalue weighted by molar-refractivity contribution is 6.30. The number of benzene rings is 3. The normalized spacial score (nSPS) is 11.9. The number of rotatable bonds is 6. The van der Waals surface area contributed by atoms with Gasteiger partial charge < -0.3 is 15.0 Å². The van der Waals surface area contributed by atoms with Crippen molar-refractivity contribution in [3.05, 3.63) is 106 Å². The van der Waals surface area contributed by atoms with Crippen molar-refractivity contribution in [1.82, 2.24) is 9.88 Å². The van der Waals surface area contributed by atoms with E-state index in [4.69, 9.17) is 16.7 Å². The summed E-state index contributed by atoms with van der Waals surface area (Å²) in [5.74, 6) is -1.17. The summed E-state index contributed by atoms with van der Waals surface area (Å²) in [5.41, 5.74) is 3.62. The summed E-state index contributed by atoms with van der Waals surface area (Å²) < 4.78 is 1.99. The average molecular weight is 433 g/mol. The lowest BCUT2D eigenvalue weighted by Gasteiger charge is -2.16. The molecular weight excluding hydrogens is 412 g/mol. The number of aromatic nitrogens is 1. The number of hydrogen-bond acceptors (Lipinski definition) is 2. The van der Waals surface area contributed by atoms with Crippen LogP contribution in [0, 0.1) is 0 Å². The van der Waals surface area contributed by atoms with Gasteiger partial charge in [0.25, 0.3) is 5.91 Å². The Hall–Kier alpha value is -3.57. The molecule has 1 aromatic heterocycles. The molecule has 0 radical (unpaired) electrons. The fourth-order valence-corrected chi connectivity index (χ4v) is 3.74. The molecule has 0 spiro atoms. The van der Waals surface area contributed by atoms with Crippen molar-refractivity contribution in [1.29, 1.82) is 0 Å². The monoisotopic (exact) mass is 432 g/mol. The Kier molecular flexibility index (Phi) is 5.78. The number of amides is 1. The van der Waals surface area contributed by atoms with E-state index in [0.717, 1.165) is 22.0 Å². The summed E-state index contributed by atoms with van der Waals surface area (Å²) in [6.45, 7) is 2.41. The standard InChI is InChI=1S/C25H21ClN2O3/c1-16(18-8-10-19(11-9-18)25(30)31)27-24(29)23-14-20-4-2-3-5-22(20)28(23)15-17-6-12-21(26)13-7-17/h2-14,16H,15H2,1H3,(H,27,29)(H,30,31)/t16-/m0/s1. The second-order valence-corrected chi connectivity index (χ2v) is 7.86. The maximum atomic E-state index is 13.2. The fraction of sp³-hybridized carbons (Fsp3) is 0.120. The van der Waals surface area contributed by atoms with Crippen LogP contribution >= 0.6 is 11.6 Å². The lowest BCUT2D eigenvalue weighted by Crippen LogP contribution is -2.28. The van der Waals surface area contributed by atoms with Gasteiger partial charge in [-0.15, -0.1) is 0 Å². The Balaban J connectivity index is 1.62. The second-order valence-electron chi connectivity index (χ2n) is 7.42. The first-order chi connectivity index (χ1) is 14.9. The molecule has 31 heavy (non-hydrogen) atoms. The molecule has 2 N–H and O–H groups in total. The zero-order valence-electron chi connectivity index (χ0n) is 16.9. The zero-order valence-corrected chi connectivity index (χ0v) is 17.6. The third-order valence-corrected chi connectivity index (χ3v) is 5.55. The van der Waals surface area contributed by atoms with E-state index < -0.39 is 5.97 Å². The third kappa shape index (κ3) is 4.47. The molecule has 0 unspecified atom stereocenters. The Bertz CT molecular complexity index is 1240. The fourth-order valence-electron chi connectivity index (χ4n) is 3.61. The lowest BCUT2D eigenvalue weighted by molar-refractivity contribution is 0.0696. The van der Waals surface area contributed by atoms with Crippen LogP contribution in [0.1, 0.15) is 44.9 Å². The summed E-state index contributed by atoms with van der Waals surface area (Å²) in [7, 11) is 0. The summed E-state index contributed by atoms with van der Waals surface area (Å²) in [4.78, 5) is 24.2. The van der Waals surface area contributed by atoms with Gasteiger partial charge in [-0.3, -0.25) is 4.79 Å². The molecule has 0 saturated heterocycles. The van der Waals surface area contributed by atoms with E-state index in [2.05, 4.69) is 5.32 Å². The molecule has 3 aromatic carbocycles. The summed E-state index contributed by atoms with van der Waals surface area (Å²) in [6, 6.07) is 23.6. The Labute approximate surface area is 184 Å². The van der Waals surface area contributed by atoms with Crippen LogP contribution in [-0.2, 0) is 6.54 Å². The van der Waals surface area contributed by atoms with Crippen LogP contribution in [-0.4, -0.2) is 21.6 Å². The first-order valence-corrected chi connectivity index (χ1v) is 10.3. The SMILES string of the molecule is C[C@H](NC(=O)c1cc2ccccc2n1Cc1ccc(Cl)cc1)c1ccc(C(=O)O)cc1. The minimum absolute atomic E-state index is 0.194. The van der Waals surface area contributed by atoms with Gasteiger partial charge in [0.05, 0.1) is 11.6 Å². The molecule has 6 heteroatoms. The van der Waals surface area contributed by atoms with Crippen LogP contribution in [0.5, 0.6) is 0 Å². The number of carbonyl (C=O) groups excluding carboxylic acids is 1. The Morgan fingerprint density at radius 1 is 1.00 bits per heavy atom. The molecule has 0 bridgehead atoms. The summed E-state index contributed by atoms with van der Waals surface area (Å²) in [6.07, 6.45) is 0. The van der Waals surface area contributed by atoms with Crippen LogP contribution in [0.25, 0.3) is 10.9 Å². The molecule has 5 nitrogen and oxygen atoms in total. The van der Waals surface area contributed by atoms with E-state index in [1.165, 1.54) is 12.1 Å². The summed E-state index contributed by atoms with van der Waals surface area (Å²) >= 11 is 6.01. The van der Waals surface area contributed by atoms with Gasteiger partial charge >= 0.3 is 5.97 Å². The van der Waals surface area contributed by atoms with Gasteiger partial charge in [0.2, 0.25) is 0 Å². The van der Waals surface area contributed by atoms with Crippen molar-refractivity contribution in [3.8, 4) is 0 Å². The van der Waals surface area contributed by atoms with Gasteiger partial charge in [0.1, 0.15) is 5.69 Å². The highest BCUT2D eigenvalue weighted by Crippen LogP contribution is 2.23. The van der Waals surface area contributed by atoms with Gasteiger partial charge in [-0.25, -0.2) is 4.79 Å². The highest BCUT2D eigenvalue weighted by atomic mass is 35.5. The van der Waals surface area contributed by atoms with Crippen molar-refractivity contribution in [2.45, 2.75) is 19.5 Å². The quantitative estimate of drug-likeness (QED) is 0.420. The number of para-hydroxylation sites is 1. The van der Waals surface area contributed by atoms with Crippen molar-refractivity contribution >= 4 is 34.4 Å². The molecule has 0 aliphatic rings. The van der Waals surface area contributed by atoms with Crippen molar-refractivity contribution < 1.29 is 14.7 Å². The van der Waals surface area contributed by atoms with E-state index >= 15 is 0 Å². The Morgan fingerprint density at radius 2 is 1.68 bits per heavy atom. The smallest absolute Gasteiger partial charge is 0.335 e. The van der Waals surface area contributed by atoms with Gasteiger partial charge in [0, 0.05) is 22.5 Å². The van der Waals surface area contributed by atoms with Crippen LogP contribution in [0.4, 0.5) is 0 Å². The molecule has 4 aromatic rings. The van der Waals surface area contributed by atoms with Crippen LogP contribution in [0.15, 0.2) is 78.9 Å². The van der Waals surface area contributed by atoms with E-state index in [9.17, 15) is 9.59 Å². The lowest BCUT2D eigenvalue weighted by atomic mass is 10.1. The van der Waals surface area contributed by atoms with Crippen LogP contribution in [0.2, 0.25) is 5.02 Å². The van der Waals surface area contributed by atoms with E-state index in [0.29, 0.717) is 17.3 Å². The molecule has 1 heterocycles. The number of fused-ring (bicyclic) bond motifs is 1. The largest absolute Gasteiger partial charge is 0.478 e. The molecular formula is C25H21ClN2O3. The maximum Gasteiger partial charge on any atom is 0.335 e. The molecule has 156 valence electrons. The van der Waals surface area contributed by atoms with Crippen molar-refractivity contribution in [2.24, 2.45) is 0 Å². The first kappa shape index (κ1) is 20.7. The van der Waals surface area contributed by atoms with Gasteiger partial charge in [0.15, 0.2) is 0 Å². The molecule has 1 amide bonds. The topological polar surface area (TPSA) is 71.3 Å². The first-order valence-electron chi connectivity index (χ1n) is 9.89. The van der Waals surface area contributed by atoms with Gasteiger partial charge in [-0.2, -0.15) is 0 Å². The molecule has 0 saturated carbocycles. The molecule has 0 aliphatic heterocycles. The average Bonchev–Trinajstić information content (AvgIpc) is 3.14. The third-order valence-electron chi connectivity index (χ3n) is 5.30. The summed E-state index contributed by atoms with van der Waals surface area (Å²) in [5, 5.41) is 13.7. The molecule has 0 fully saturated rings. The zero-order chi connectivity index (χ0) is 22.0. The van der Waals surface area contributed by atoms with E-state index in [1.807, 2.05) is 66.1 Å². The number of halogens is 1. The number of carbonyl (C=O) groups is 2. The number of nitrogens with one attached hydrogen (secondary N) is 1. The molecule has 1 atom stereocenters. The highest BCUT2D eigenvalue weighted by Gasteiger charge is 2.18. The number of carboxylic acid groups (broad SMARTS) is 1. The number of nitrogens with zero attached hydrogens (tertiary/aromatic N) is 1. The molecule has 0 aliphatic carbocycles. The minimum atomic E-state index is -0.977. The second kappa shape index (κ2) is 8.66. The molecule has 4 rings (SSSR count). The van der Waals surface area contributed by atoms with Crippen molar-refractivity contribution in [2.75, 3.05) is 0 Å². The number of aromatic carboxylic acids is 1. The minimum Gasteiger partial charge on any atom is -0.478 e. The van der Waals surface area contributed by atoms with E-state index in [-0.39, 0.29) is 17.5 Å². The van der Waals surface area contributed by atoms with Gasteiger partial charge in [-0.05, 0) is 54.4 Å². The predicted molar refractivity (Wildman–Crippen MR) is 122 cm³/mol. The number of hydrogen-bond donors (Lipinski definition) is 2. The van der Waals surface area contributed by atoms with Crippen LogP contribution in [0.3, 0.4) is 0 Å². The van der Waals surface area contributed by atoms with Crippen LogP contribution < -0.4 is 5.32 Å².